The van der Waals surface area contributed by atoms with Crippen LogP contribution in [0.4, 0.5) is 17.6 Å². The van der Waals surface area contributed by atoms with Gasteiger partial charge >= 0.3 is 6.18 Å². The molecule has 2 aromatic rings. The molecule has 1 fully saturated rings. The summed E-state index contributed by atoms with van der Waals surface area (Å²) in [5.41, 5.74) is 6.75. The van der Waals surface area contributed by atoms with E-state index < -0.39 is 23.7 Å². The van der Waals surface area contributed by atoms with Crippen LogP contribution in [0, 0.1) is 5.82 Å². The maximum absolute atomic E-state index is 14.4. The van der Waals surface area contributed by atoms with E-state index in [0.717, 1.165) is 43.1 Å². The predicted molar refractivity (Wildman–Crippen MR) is 107 cm³/mol. The Labute approximate surface area is 177 Å². The second-order valence-electron chi connectivity index (χ2n) is 8.02. The Morgan fingerprint density at radius 1 is 1.20 bits per heavy atom. The molecule has 0 spiro atoms. The van der Waals surface area contributed by atoms with Crippen molar-refractivity contribution in [1.82, 2.24) is 4.90 Å². The van der Waals surface area contributed by atoms with Crippen molar-refractivity contribution < 1.29 is 22.3 Å². The van der Waals surface area contributed by atoms with Crippen LogP contribution in [0.3, 0.4) is 0 Å². The van der Waals surface area contributed by atoms with Gasteiger partial charge in [0, 0.05) is 29.2 Å². The number of halogens is 5. The van der Waals surface area contributed by atoms with Crippen molar-refractivity contribution in [3.63, 3.8) is 0 Å². The Kier molecular flexibility index (Phi) is 6.08. The second kappa shape index (κ2) is 8.46. The highest BCUT2D eigenvalue weighted by atomic mass is 35.5. The van der Waals surface area contributed by atoms with Crippen LogP contribution in [0.25, 0.3) is 0 Å². The van der Waals surface area contributed by atoms with Gasteiger partial charge in [-0.1, -0.05) is 29.8 Å². The molecule has 0 bridgehead atoms. The minimum atomic E-state index is -4.75. The summed E-state index contributed by atoms with van der Waals surface area (Å²) in [5.74, 6) is -1.28. The number of hydrogen-bond acceptors (Lipinski definition) is 3. The normalized spacial score (nSPS) is 24.8. The topological polar surface area (TPSA) is 38.5 Å². The third-order valence-electron chi connectivity index (χ3n) is 5.95. The largest absolute Gasteiger partial charge is 0.419 e. The molecule has 1 heterocycles. The van der Waals surface area contributed by atoms with Crippen LogP contribution in [0.5, 0.6) is 0 Å². The molecule has 2 N–H and O–H groups in total. The van der Waals surface area contributed by atoms with Gasteiger partial charge in [-0.2, -0.15) is 13.2 Å². The molecule has 1 aliphatic carbocycles. The average Bonchev–Trinajstić information content (AvgIpc) is 3.04. The van der Waals surface area contributed by atoms with E-state index in [-0.39, 0.29) is 24.3 Å². The van der Waals surface area contributed by atoms with E-state index >= 15 is 0 Å². The number of ether oxygens (including phenoxy) is 1. The quantitative estimate of drug-likeness (QED) is 0.669. The number of fused-ring (bicyclic) bond motifs is 1. The van der Waals surface area contributed by atoms with E-state index in [0.29, 0.717) is 11.4 Å². The third-order valence-corrected chi connectivity index (χ3v) is 6.19. The smallest absolute Gasteiger partial charge is 0.367 e. The first-order valence-electron chi connectivity index (χ1n) is 9.98. The van der Waals surface area contributed by atoms with E-state index in [1.807, 2.05) is 12.1 Å². The SMILES string of the molecule is N[C@H]1CCCN([C@H]2Cc3cc(Cl)ccc3[C@@H]2OCc2cccc(C(F)(F)F)c2F)C1. The molecule has 4 rings (SSSR count). The molecule has 8 heteroatoms. The first-order chi connectivity index (χ1) is 14.2. The lowest BCUT2D eigenvalue weighted by Gasteiger charge is -2.38. The molecule has 1 saturated heterocycles. The number of benzene rings is 2. The van der Waals surface area contributed by atoms with Gasteiger partial charge in [0.15, 0.2) is 0 Å². The van der Waals surface area contributed by atoms with Crippen molar-refractivity contribution in [1.29, 1.82) is 0 Å². The minimum Gasteiger partial charge on any atom is -0.367 e. The second-order valence-corrected chi connectivity index (χ2v) is 8.46. The molecule has 0 saturated carbocycles. The van der Waals surface area contributed by atoms with Crippen molar-refractivity contribution >= 4 is 11.6 Å². The van der Waals surface area contributed by atoms with E-state index in [2.05, 4.69) is 4.90 Å². The lowest BCUT2D eigenvalue weighted by molar-refractivity contribution is -0.140. The molecule has 2 aromatic carbocycles. The molecular weight excluding hydrogens is 420 g/mol. The van der Waals surface area contributed by atoms with Gasteiger partial charge in [-0.3, -0.25) is 4.90 Å². The number of nitrogens with zero attached hydrogens (tertiary/aromatic N) is 1. The van der Waals surface area contributed by atoms with Crippen LogP contribution < -0.4 is 5.73 Å². The molecular formula is C22H23ClF4N2O. The Bertz CT molecular complexity index is 920. The zero-order valence-electron chi connectivity index (χ0n) is 16.3. The number of alkyl halides is 3. The van der Waals surface area contributed by atoms with Crippen LogP contribution in [-0.4, -0.2) is 30.1 Å². The van der Waals surface area contributed by atoms with E-state index in [1.165, 1.54) is 12.1 Å². The van der Waals surface area contributed by atoms with Gasteiger partial charge < -0.3 is 10.5 Å². The summed E-state index contributed by atoms with van der Waals surface area (Å²) in [6, 6.07) is 8.88. The fraction of sp³-hybridized carbons (Fsp3) is 0.455. The average molecular weight is 443 g/mol. The van der Waals surface area contributed by atoms with Gasteiger partial charge in [0.1, 0.15) is 5.82 Å². The summed E-state index contributed by atoms with van der Waals surface area (Å²) in [4.78, 5) is 2.27. The van der Waals surface area contributed by atoms with Crippen LogP contribution in [-0.2, 0) is 23.9 Å². The van der Waals surface area contributed by atoms with Gasteiger partial charge in [-0.15, -0.1) is 0 Å². The zero-order valence-corrected chi connectivity index (χ0v) is 17.0. The fourth-order valence-corrected chi connectivity index (χ4v) is 4.72. The van der Waals surface area contributed by atoms with Crippen molar-refractivity contribution in [2.75, 3.05) is 13.1 Å². The van der Waals surface area contributed by atoms with Gasteiger partial charge in [-0.25, -0.2) is 4.39 Å². The highest BCUT2D eigenvalue weighted by Crippen LogP contribution is 2.40. The Balaban J connectivity index is 1.59. The Morgan fingerprint density at radius 3 is 2.73 bits per heavy atom. The van der Waals surface area contributed by atoms with Crippen LogP contribution in [0.1, 0.15) is 41.2 Å². The van der Waals surface area contributed by atoms with Gasteiger partial charge in [0.05, 0.1) is 18.3 Å². The van der Waals surface area contributed by atoms with Crippen molar-refractivity contribution in [2.24, 2.45) is 5.73 Å². The molecule has 162 valence electrons. The molecule has 1 aliphatic heterocycles. The lowest BCUT2D eigenvalue weighted by Crippen LogP contribution is -2.49. The van der Waals surface area contributed by atoms with Gasteiger partial charge in [0.2, 0.25) is 0 Å². The summed E-state index contributed by atoms with van der Waals surface area (Å²) in [6.07, 6.45) is -2.49. The summed E-state index contributed by atoms with van der Waals surface area (Å²) in [6.45, 7) is 1.35. The predicted octanol–water partition coefficient (Wildman–Crippen LogP) is 5.10. The molecule has 30 heavy (non-hydrogen) atoms. The Morgan fingerprint density at radius 2 is 2.00 bits per heavy atom. The van der Waals surface area contributed by atoms with Crippen LogP contribution in [0.15, 0.2) is 36.4 Å². The first kappa shape index (κ1) is 21.6. The number of rotatable bonds is 4. The monoisotopic (exact) mass is 442 g/mol. The molecule has 0 aromatic heterocycles. The fourth-order valence-electron chi connectivity index (χ4n) is 4.52. The maximum Gasteiger partial charge on any atom is 0.419 e. The van der Waals surface area contributed by atoms with E-state index in [1.54, 1.807) is 6.07 Å². The van der Waals surface area contributed by atoms with Crippen LogP contribution >= 0.6 is 11.6 Å². The number of nitrogens with two attached hydrogens (primary N) is 1. The highest BCUT2D eigenvalue weighted by Gasteiger charge is 2.39. The minimum absolute atomic E-state index is 0.0151. The summed E-state index contributed by atoms with van der Waals surface area (Å²) >= 11 is 6.15. The lowest BCUT2D eigenvalue weighted by atomic mass is 10.0. The molecule has 0 radical (unpaired) electrons. The molecule has 3 nitrogen and oxygen atoms in total. The van der Waals surface area contributed by atoms with Gasteiger partial charge in [0.25, 0.3) is 0 Å². The van der Waals surface area contributed by atoms with E-state index in [9.17, 15) is 17.6 Å². The molecule has 0 amide bonds. The summed E-state index contributed by atoms with van der Waals surface area (Å²) < 4.78 is 59.6. The molecule has 2 aliphatic rings. The van der Waals surface area contributed by atoms with Crippen molar-refractivity contribution in [2.45, 2.75) is 50.2 Å². The number of piperidine rings is 1. The number of hydrogen-bond donors (Lipinski definition) is 1. The maximum atomic E-state index is 14.4. The van der Waals surface area contributed by atoms with Crippen molar-refractivity contribution in [3.8, 4) is 0 Å². The number of likely N-dealkylation sites (tertiary alicyclic amines) is 1. The first-order valence-corrected chi connectivity index (χ1v) is 10.4. The third kappa shape index (κ3) is 4.35. The summed E-state index contributed by atoms with van der Waals surface area (Å²) in [5, 5.41) is 0.618. The molecule has 0 unspecified atom stereocenters. The standard InChI is InChI=1S/C22H23ClF4N2O/c23-15-6-7-17-14(9-15)10-19(29-8-2-4-16(28)11-29)21(17)30-12-13-3-1-5-18(20(13)24)22(25,26)27/h1,3,5-7,9,16,19,21H,2,4,8,10-12,28H2/t16-,19-,21-/m0/s1. The molecule has 3 atom stereocenters. The van der Waals surface area contributed by atoms with E-state index in [4.69, 9.17) is 22.1 Å². The van der Waals surface area contributed by atoms with Gasteiger partial charge in [-0.05, 0) is 55.1 Å². The Hall–Kier alpha value is -1.67. The summed E-state index contributed by atoms with van der Waals surface area (Å²) in [7, 11) is 0. The highest BCUT2D eigenvalue weighted by molar-refractivity contribution is 6.30. The van der Waals surface area contributed by atoms with Crippen LogP contribution in [0.2, 0.25) is 5.02 Å². The zero-order chi connectivity index (χ0) is 21.5. The van der Waals surface area contributed by atoms with Crippen molar-refractivity contribution in [3.05, 3.63) is 69.5 Å².